The lowest BCUT2D eigenvalue weighted by Crippen LogP contribution is -2.15. The fourth-order valence-corrected chi connectivity index (χ4v) is 1.59. The number of thiophene rings is 1. The van der Waals surface area contributed by atoms with Crippen molar-refractivity contribution in [1.82, 2.24) is 0 Å². The van der Waals surface area contributed by atoms with Crippen LogP contribution in [0.5, 0.6) is 0 Å². The number of hydrogen-bond acceptors (Lipinski definition) is 4. The van der Waals surface area contributed by atoms with Gasteiger partial charge in [-0.15, -0.1) is 12.4 Å². The maximum atomic E-state index is 10.8. The van der Waals surface area contributed by atoms with Gasteiger partial charge in [0.1, 0.15) is 0 Å². The number of carbonyl (C=O) groups excluding carboxylic acids is 1. The highest BCUT2D eigenvalue weighted by atomic mass is 35.5. The molecule has 5 heteroatoms. The Morgan fingerprint density at radius 2 is 2.46 bits per heavy atom. The Labute approximate surface area is 87.3 Å². The molecule has 0 aliphatic rings. The molecule has 0 aliphatic carbocycles. The number of rotatable bonds is 3. The second-order valence-electron chi connectivity index (χ2n) is 2.44. The molecule has 1 heterocycles. The molecule has 0 spiro atoms. The Bertz CT molecular complexity index is 251. The van der Waals surface area contributed by atoms with E-state index in [2.05, 4.69) is 4.74 Å². The first-order chi connectivity index (χ1) is 5.74. The average molecular weight is 222 g/mol. The molecule has 1 rings (SSSR count). The Morgan fingerprint density at radius 1 is 1.77 bits per heavy atom. The van der Waals surface area contributed by atoms with Crippen LogP contribution in [0.4, 0.5) is 0 Å². The molecule has 1 aromatic heterocycles. The van der Waals surface area contributed by atoms with E-state index in [1.54, 1.807) is 11.3 Å². The van der Waals surface area contributed by atoms with Crippen molar-refractivity contribution in [2.45, 2.75) is 12.5 Å². The van der Waals surface area contributed by atoms with E-state index in [4.69, 9.17) is 5.73 Å². The third-order valence-electron chi connectivity index (χ3n) is 1.59. The van der Waals surface area contributed by atoms with E-state index in [-0.39, 0.29) is 30.8 Å². The zero-order valence-electron chi connectivity index (χ0n) is 7.23. The van der Waals surface area contributed by atoms with Crippen LogP contribution in [-0.2, 0) is 9.53 Å². The summed E-state index contributed by atoms with van der Waals surface area (Å²) in [5, 5.41) is 3.88. The topological polar surface area (TPSA) is 52.3 Å². The summed E-state index contributed by atoms with van der Waals surface area (Å²) in [6, 6.07) is 1.68. The maximum absolute atomic E-state index is 10.8. The van der Waals surface area contributed by atoms with Crippen molar-refractivity contribution in [2.24, 2.45) is 5.73 Å². The molecule has 0 aliphatic heterocycles. The van der Waals surface area contributed by atoms with Crippen LogP contribution in [0.25, 0.3) is 0 Å². The molecule has 1 aromatic rings. The van der Waals surface area contributed by atoms with Crippen LogP contribution in [0.15, 0.2) is 16.8 Å². The van der Waals surface area contributed by atoms with Crippen molar-refractivity contribution in [3.63, 3.8) is 0 Å². The Morgan fingerprint density at radius 3 is 2.92 bits per heavy atom. The molecule has 0 saturated heterocycles. The van der Waals surface area contributed by atoms with Crippen LogP contribution < -0.4 is 5.73 Å². The van der Waals surface area contributed by atoms with Gasteiger partial charge in [-0.1, -0.05) is 0 Å². The molecule has 0 amide bonds. The minimum atomic E-state index is -0.270. The highest BCUT2D eigenvalue weighted by Crippen LogP contribution is 2.16. The molecule has 0 aromatic carbocycles. The smallest absolute Gasteiger partial charge is 0.307 e. The van der Waals surface area contributed by atoms with E-state index in [1.165, 1.54) is 7.11 Å². The van der Waals surface area contributed by atoms with Gasteiger partial charge in [-0.2, -0.15) is 11.3 Å². The Kier molecular flexibility index (Phi) is 5.70. The summed E-state index contributed by atoms with van der Waals surface area (Å²) < 4.78 is 4.50. The van der Waals surface area contributed by atoms with Gasteiger partial charge in [0, 0.05) is 6.04 Å². The van der Waals surface area contributed by atoms with Crippen LogP contribution >= 0.6 is 23.7 Å². The Hall–Kier alpha value is -0.580. The predicted molar refractivity (Wildman–Crippen MR) is 55.1 cm³/mol. The molecule has 0 fully saturated rings. The van der Waals surface area contributed by atoms with Gasteiger partial charge in [0.2, 0.25) is 0 Å². The highest BCUT2D eigenvalue weighted by molar-refractivity contribution is 7.07. The lowest BCUT2D eigenvalue weighted by molar-refractivity contribution is -0.141. The quantitative estimate of drug-likeness (QED) is 0.791. The molecular formula is C8H12ClNO2S. The van der Waals surface area contributed by atoms with Crippen molar-refractivity contribution < 1.29 is 9.53 Å². The number of methoxy groups -OCH3 is 1. The molecule has 0 bridgehead atoms. The molecule has 0 radical (unpaired) electrons. The fourth-order valence-electron chi connectivity index (χ4n) is 0.867. The van der Waals surface area contributed by atoms with Crippen molar-refractivity contribution >= 4 is 29.7 Å². The number of esters is 1. The zero-order valence-corrected chi connectivity index (χ0v) is 8.86. The molecular weight excluding hydrogens is 210 g/mol. The standard InChI is InChI=1S/C8H11NO2S.ClH/c1-11-8(10)4-7(9)6-2-3-12-5-6;/h2-3,5,7H,4,9H2,1H3;1H/t7-;/m1./s1. The lowest BCUT2D eigenvalue weighted by Gasteiger charge is -2.06. The second kappa shape index (κ2) is 5.96. The van der Waals surface area contributed by atoms with Crippen LogP contribution in [0.3, 0.4) is 0 Å². The summed E-state index contributed by atoms with van der Waals surface area (Å²) in [6.07, 6.45) is 0.243. The van der Waals surface area contributed by atoms with Crippen molar-refractivity contribution in [1.29, 1.82) is 0 Å². The first kappa shape index (κ1) is 12.4. The van der Waals surface area contributed by atoms with Gasteiger partial charge in [-0.3, -0.25) is 4.79 Å². The minimum absolute atomic E-state index is 0. The third kappa shape index (κ3) is 3.76. The van der Waals surface area contributed by atoms with Crippen molar-refractivity contribution in [2.75, 3.05) is 7.11 Å². The first-order valence-electron chi connectivity index (χ1n) is 3.58. The number of nitrogens with two attached hydrogens (primary N) is 1. The Balaban J connectivity index is 0.00000144. The number of halogens is 1. The zero-order chi connectivity index (χ0) is 8.97. The summed E-state index contributed by atoms with van der Waals surface area (Å²) >= 11 is 1.57. The van der Waals surface area contributed by atoms with Gasteiger partial charge >= 0.3 is 5.97 Å². The van der Waals surface area contributed by atoms with Gasteiger partial charge in [0.15, 0.2) is 0 Å². The summed E-state index contributed by atoms with van der Waals surface area (Å²) in [5.74, 6) is -0.270. The maximum Gasteiger partial charge on any atom is 0.307 e. The van der Waals surface area contributed by atoms with Gasteiger partial charge in [0.05, 0.1) is 13.5 Å². The second-order valence-corrected chi connectivity index (χ2v) is 3.22. The molecule has 13 heavy (non-hydrogen) atoms. The predicted octanol–water partition coefficient (Wildman–Crippen LogP) is 1.73. The summed E-state index contributed by atoms with van der Waals surface area (Å²) in [7, 11) is 1.36. The highest BCUT2D eigenvalue weighted by Gasteiger charge is 2.11. The molecule has 0 saturated carbocycles. The SMILES string of the molecule is COC(=O)C[C@@H](N)c1ccsc1.Cl. The van der Waals surface area contributed by atoms with Crippen LogP contribution in [-0.4, -0.2) is 13.1 Å². The molecule has 74 valence electrons. The number of hydrogen-bond donors (Lipinski definition) is 1. The van der Waals surface area contributed by atoms with E-state index < -0.39 is 0 Å². The van der Waals surface area contributed by atoms with Crippen LogP contribution in [0, 0.1) is 0 Å². The number of ether oxygens (including phenoxy) is 1. The van der Waals surface area contributed by atoms with Crippen molar-refractivity contribution in [3.8, 4) is 0 Å². The van der Waals surface area contributed by atoms with E-state index in [0.717, 1.165) is 5.56 Å². The van der Waals surface area contributed by atoms with Crippen LogP contribution in [0.1, 0.15) is 18.0 Å². The molecule has 2 N–H and O–H groups in total. The third-order valence-corrected chi connectivity index (χ3v) is 2.29. The van der Waals surface area contributed by atoms with Gasteiger partial charge in [0.25, 0.3) is 0 Å². The van der Waals surface area contributed by atoms with E-state index >= 15 is 0 Å². The first-order valence-corrected chi connectivity index (χ1v) is 4.53. The number of carbonyl (C=O) groups is 1. The van der Waals surface area contributed by atoms with Crippen LogP contribution in [0.2, 0.25) is 0 Å². The normalized spacial score (nSPS) is 11.5. The largest absolute Gasteiger partial charge is 0.469 e. The van der Waals surface area contributed by atoms with E-state index in [1.807, 2.05) is 16.8 Å². The minimum Gasteiger partial charge on any atom is -0.469 e. The van der Waals surface area contributed by atoms with Gasteiger partial charge in [-0.25, -0.2) is 0 Å². The van der Waals surface area contributed by atoms with Gasteiger partial charge < -0.3 is 10.5 Å². The molecule has 0 unspecified atom stereocenters. The van der Waals surface area contributed by atoms with E-state index in [9.17, 15) is 4.79 Å². The summed E-state index contributed by atoms with van der Waals surface area (Å²) in [4.78, 5) is 10.8. The molecule has 1 atom stereocenters. The summed E-state index contributed by atoms with van der Waals surface area (Å²) in [5.41, 5.74) is 6.71. The average Bonchev–Trinajstić information content (AvgIpc) is 2.56. The monoisotopic (exact) mass is 221 g/mol. The summed E-state index contributed by atoms with van der Waals surface area (Å²) in [6.45, 7) is 0. The van der Waals surface area contributed by atoms with Gasteiger partial charge in [-0.05, 0) is 22.4 Å². The lowest BCUT2D eigenvalue weighted by atomic mass is 10.1. The van der Waals surface area contributed by atoms with Crippen molar-refractivity contribution in [3.05, 3.63) is 22.4 Å². The molecule has 3 nitrogen and oxygen atoms in total. The fraction of sp³-hybridized carbons (Fsp3) is 0.375. The van der Waals surface area contributed by atoms with E-state index in [0.29, 0.717) is 0 Å².